The molecule has 0 aromatic rings. The fourth-order valence-corrected chi connectivity index (χ4v) is 2.31. The molecule has 17 heavy (non-hydrogen) atoms. The third-order valence-corrected chi connectivity index (χ3v) is 3.45. The van der Waals surface area contributed by atoms with Crippen molar-refractivity contribution in [1.82, 2.24) is 15.5 Å². The van der Waals surface area contributed by atoms with E-state index in [4.69, 9.17) is 0 Å². The summed E-state index contributed by atoms with van der Waals surface area (Å²) in [6, 6.07) is 0.769. The van der Waals surface area contributed by atoms with E-state index in [0.29, 0.717) is 6.54 Å². The van der Waals surface area contributed by atoms with Gasteiger partial charge in [-0.15, -0.1) is 0 Å². The Kier molecular flexibility index (Phi) is 7.21. The smallest absolute Gasteiger partial charge is 0.233 e. The van der Waals surface area contributed by atoms with Gasteiger partial charge in [0.05, 0.1) is 6.54 Å². The number of carbonyl (C=O) groups is 1. The van der Waals surface area contributed by atoms with Crippen molar-refractivity contribution in [3.63, 3.8) is 0 Å². The van der Waals surface area contributed by atoms with Crippen molar-refractivity contribution in [3.8, 4) is 0 Å². The highest BCUT2D eigenvalue weighted by molar-refractivity contribution is 5.77. The molecule has 1 aliphatic carbocycles. The van der Waals surface area contributed by atoms with Gasteiger partial charge in [0.25, 0.3) is 0 Å². The number of hydrogen-bond acceptors (Lipinski definition) is 3. The van der Waals surface area contributed by atoms with Crippen LogP contribution < -0.4 is 10.6 Å². The lowest BCUT2D eigenvalue weighted by molar-refractivity contribution is -0.120. The first-order valence-corrected chi connectivity index (χ1v) is 6.91. The molecule has 2 N–H and O–H groups in total. The van der Waals surface area contributed by atoms with Crippen molar-refractivity contribution < 1.29 is 4.79 Å². The highest BCUT2D eigenvalue weighted by Gasteiger charge is 2.18. The van der Waals surface area contributed by atoms with E-state index in [0.717, 1.165) is 32.1 Å². The van der Waals surface area contributed by atoms with Gasteiger partial charge in [-0.25, -0.2) is 0 Å². The normalized spacial score (nSPS) is 16.6. The molecule has 1 amide bonds. The zero-order valence-corrected chi connectivity index (χ0v) is 11.3. The van der Waals surface area contributed by atoms with Crippen molar-refractivity contribution in [1.29, 1.82) is 0 Å². The molecule has 0 heterocycles. The molecule has 4 nitrogen and oxygen atoms in total. The minimum absolute atomic E-state index is 0.107. The van der Waals surface area contributed by atoms with E-state index in [2.05, 4.69) is 29.5 Å². The first-order valence-electron chi connectivity index (χ1n) is 6.91. The summed E-state index contributed by atoms with van der Waals surface area (Å²) in [7, 11) is 2.19. The van der Waals surface area contributed by atoms with Gasteiger partial charge in [-0.1, -0.05) is 19.8 Å². The summed E-state index contributed by atoms with van der Waals surface area (Å²) >= 11 is 0. The van der Waals surface area contributed by atoms with Gasteiger partial charge in [-0.3, -0.25) is 4.79 Å². The molecule has 100 valence electrons. The number of hydrogen-bond donors (Lipinski definition) is 2. The van der Waals surface area contributed by atoms with Crippen LogP contribution in [0.3, 0.4) is 0 Å². The predicted octanol–water partition coefficient (Wildman–Crippen LogP) is 0.977. The SMILES string of the molecule is CCCNC(=O)CNCCN(C)C1CCCC1. The van der Waals surface area contributed by atoms with Crippen LogP contribution in [0.4, 0.5) is 0 Å². The van der Waals surface area contributed by atoms with E-state index in [1.807, 2.05) is 0 Å². The number of rotatable bonds is 8. The highest BCUT2D eigenvalue weighted by atomic mass is 16.1. The topological polar surface area (TPSA) is 44.4 Å². The molecule has 4 heteroatoms. The second-order valence-corrected chi connectivity index (χ2v) is 4.95. The van der Waals surface area contributed by atoms with Crippen LogP contribution in [-0.2, 0) is 4.79 Å². The average Bonchev–Trinajstić information content (AvgIpc) is 2.85. The average molecular weight is 241 g/mol. The molecule has 0 aromatic heterocycles. The fraction of sp³-hybridized carbons (Fsp3) is 0.923. The van der Waals surface area contributed by atoms with Crippen LogP contribution in [0.5, 0.6) is 0 Å². The maximum atomic E-state index is 11.3. The van der Waals surface area contributed by atoms with E-state index in [1.165, 1.54) is 25.7 Å². The molecule has 1 rings (SSSR count). The summed E-state index contributed by atoms with van der Waals surface area (Å²) in [6.07, 6.45) is 6.43. The predicted molar refractivity (Wildman–Crippen MR) is 71.1 cm³/mol. The fourth-order valence-electron chi connectivity index (χ4n) is 2.31. The Bertz CT molecular complexity index is 215. The van der Waals surface area contributed by atoms with Gasteiger partial charge < -0.3 is 15.5 Å². The van der Waals surface area contributed by atoms with Crippen molar-refractivity contribution in [3.05, 3.63) is 0 Å². The molecule has 0 aliphatic heterocycles. The Balaban J connectivity index is 1.97. The molecule has 0 aromatic carbocycles. The standard InChI is InChI=1S/C13H27N3O/c1-3-8-15-13(17)11-14-9-10-16(2)12-6-4-5-7-12/h12,14H,3-11H2,1-2H3,(H,15,17). The summed E-state index contributed by atoms with van der Waals surface area (Å²) in [5, 5.41) is 6.06. The van der Waals surface area contributed by atoms with E-state index in [-0.39, 0.29) is 5.91 Å². The van der Waals surface area contributed by atoms with Crippen LogP contribution in [0.25, 0.3) is 0 Å². The van der Waals surface area contributed by atoms with Crippen LogP contribution in [-0.4, -0.2) is 50.1 Å². The Labute approximate surface area is 105 Å². The highest BCUT2D eigenvalue weighted by Crippen LogP contribution is 2.21. The van der Waals surface area contributed by atoms with Crippen LogP contribution in [0, 0.1) is 0 Å². The molecule has 1 fully saturated rings. The molecule has 0 unspecified atom stereocenters. The minimum Gasteiger partial charge on any atom is -0.355 e. The molecule has 0 spiro atoms. The summed E-state index contributed by atoms with van der Waals surface area (Å²) in [4.78, 5) is 13.7. The number of nitrogens with zero attached hydrogens (tertiary/aromatic N) is 1. The second-order valence-electron chi connectivity index (χ2n) is 4.95. The summed E-state index contributed by atoms with van der Waals surface area (Å²) in [5.74, 6) is 0.107. The number of likely N-dealkylation sites (N-methyl/N-ethyl adjacent to an activating group) is 1. The van der Waals surface area contributed by atoms with E-state index in [9.17, 15) is 4.79 Å². The van der Waals surface area contributed by atoms with Crippen LogP contribution in [0.1, 0.15) is 39.0 Å². The van der Waals surface area contributed by atoms with E-state index >= 15 is 0 Å². The molecule has 0 atom stereocenters. The van der Waals surface area contributed by atoms with E-state index in [1.54, 1.807) is 0 Å². The molecular weight excluding hydrogens is 214 g/mol. The molecule has 0 radical (unpaired) electrons. The maximum absolute atomic E-state index is 11.3. The first-order chi connectivity index (χ1) is 8.24. The Hall–Kier alpha value is -0.610. The van der Waals surface area contributed by atoms with Crippen LogP contribution >= 0.6 is 0 Å². The summed E-state index contributed by atoms with van der Waals surface area (Å²) < 4.78 is 0. The number of amides is 1. The van der Waals surface area contributed by atoms with Gasteiger partial charge in [0.15, 0.2) is 0 Å². The third kappa shape index (κ3) is 6.03. The third-order valence-electron chi connectivity index (χ3n) is 3.45. The van der Waals surface area contributed by atoms with Crippen molar-refractivity contribution in [2.45, 2.75) is 45.1 Å². The lowest BCUT2D eigenvalue weighted by atomic mass is 10.2. The van der Waals surface area contributed by atoms with Gasteiger partial charge in [0, 0.05) is 25.7 Å². The summed E-state index contributed by atoms with van der Waals surface area (Å²) in [6.45, 7) is 5.21. The van der Waals surface area contributed by atoms with Crippen LogP contribution in [0.15, 0.2) is 0 Å². The lowest BCUT2D eigenvalue weighted by Crippen LogP contribution is -2.39. The Morgan fingerprint density at radius 3 is 2.65 bits per heavy atom. The maximum Gasteiger partial charge on any atom is 0.233 e. The molecule has 1 aliphatic rings. The van der Waals surface area contributed by atoms with Crippen molar-refractivity contribution in [2.75, 3.05) is 33.2 Å². The first kappa shape index (κ1) is 14.5. The van der Waals surface area contributed by atoms with Crippen molar-refractivity contribution >= 4 is 5.91 Å². The molecule has 1 saturated carbocycles. The van der Waals surface area contributed by atoms with Gasteiger partial charge in [0.1, 0.15) is 0 Å². The minimum atomic E-state index is 0.107. The van der Waals surface area contributed by atoms with Gasteiger partial charge in [-0.2, -0.15) is 0 Å². The Morgan fingerprint density at radius 1 is 1.29 bits per heavy atom. The van der Waals surface area contributed by atoms with Gasteiger partial charge in [-0.05, 0) is 26.3 Å². The van der Waals surface area contributed by atoms with Crippen molar-refractivity contribution in [2.24, 2.45) is 0 Å². The zero-order valence-electron chi connectivity index (χ0n) is 11.3. The van der Waals surface area contributed by atoms with Gasteiger partial charge in [0.2, 0.25) is 5.91 Å². The molecule has 0 saturated heterocycles. The van der Waals surface area contributed by atoms with Gasteiger partial charge >= 0.3 is 0 Å². The number of carbonyl (C=O) groups excluding carboxylic acids is 1. The molecule has 0 bridgehead atoms. The van der Waals surface area contributed by atoms with E-state index < -0.39 is 0 Å². The quantitative estimate of drug-likeness (QED) is 0.623. The monoisotopic (exact) mass is 241 g/mol. The number of nitrogens with one attached hydrogen (secondary N) is 2. The largest absolute Gasteiger partial charge is 0.355 e. The van der Waals surface area contributed by atoms with Crippen LogP contribution in [0.2, 0.25) is 0 Å². The summed E-state index contributed by atoms with van der Waals surface area (Å²) in [5.41, 5.74) is 0. The zero-order chi connectivity index (χ0) is 12.5. The second kappa shape index (κ2) is 8.48. The lowest BCUT2D eigenvalue weighted by Gasteiger charge is -2.23. The Morgan fingerprint density at radius 2 is 2.00 bits per heavy atom. The molecular formula is C13H27N3O.